The predicted molar refractivity (Wildman–Crippen MR) is 58.6 cm³/mol. The number of rotatable bonds is 7. The molecule has 92 valence electrons. The third kappa shape index (κ3) is 4.42. The van der Waals surface area contributed by atoms with Crippen molar-refractivity contribution in [3.63, 3.8) is 0 Å². The summed E-state index contributed by atoms with van der Waals surface area (Å²) in [5.41, 5.74) is -0.229. The molecule has 0 saturated heterocycles. The van der Waals surface area contributed by atoms with Crippen LogP contribution in [0.15, 0.2) is 11.8 Å². The van der Waals surface area contributed by atoms with Crippen molar-refractivity contribution in [1.29, 1.82) is 0 Å². The molecule has 0 spiro atoms. The molecule has 0 aromatic carbocycles. The van der Waals surface area contributed by atoms with E-state index in [-0.39, 0.29) is 12.2 Å². The number of carbonyl (C=O) groups excluding carboxylic acids is 2. The van der Waals surface area contributed by atoms with E-state index < -0.39 is 18.4 Å². The minimum absolute atomic E-state index is 0.161. The lowest BCUT2D eigenvalue weighted by atomic mass is 10.2. The summed E-state index contributed by atoms with van der Waals surface area (Å²) >= 11 is 0. The van der Waals surface area contributed by atoms with Gasteiger partial charge in [-0.15, -0.1) is 0 Å². The number of nitrogens with zero attached hydrogens (tertiary/aromatic N) is 1. The van der Waals surface area contributed by atoms with Gasteiger partial charge in [0.05, 0.1) is 6.61 Å². The van der Waals surface area contributed by atoms with Gasteiger partial charge in [-0.3, -0.25) is 4.79 Å². The zero-order valence-corrected chi connectivity index (χ0v) is 9.96. The lowest BCUT2D eigenvalue weighted by Crippen LogP contribution is -2.23. The van der Waals surface area contributed by atoms with Crippen LogP contribution in [0.5, 0.6) is 0 Å². The SMILES string of the molecule is CCOC(=O)C(=CN(CC)CC)C(=O)CF. The summed E-state index contributed by atoms with van der Waals surface area (Å²) in [4.78, 5) is 24.4. The molecule has 0 aromatic heterocycles. The van der Waals surface area contributed by atoms with E-state index in [1.165, 1.54) is 6.20 Å². The van der Waals surface area contributed by atoms with Crippen LogP contribution in [0.3, 0.4) is 0 Å². The van der Waals surface area contributed by atoms with Crippen molar-refractivity contribution in [3.05, 3.63) is 11.8 Å². The second-order valence-electron chi connectivity index (χ2n) is 3.04. The Bertz CT molecular complexity index is 272. The standard InChI is InChI=1S/C11H18FNO3/c1-4-13(5-2)8-9(10(14)7-12)11(15)16-6-3/h8H,4-7H2,1-3H3. The predicted octanol–water partition coefficient (Wildman–Crippen LogP) is 1.31. The lowest BCUT2D eigenvalue weighted by molar-refractivity contribution is -0.140. The fourth-order valence-corrected chi connectivity index (χ4v) is 1.11. The molecule has 5 heteroatoms. The zero-order chi connectivity index (χ0) is 12.6. The van der Waals surface area contributed by atoms with Crippen LogP contribution in [0.1, 0.15) is 20.8 Å². The average Bonchev–Trinajstić information content (AvgIpc) is 2.30. The van der Waals surface area contributed by atoms with Gasteiger partial charge in [-0.05, 0) is 20.8 Å². The highest BCUT2D eigenvalue weighted by Gasteiger charge is 2.20. The Labute approximate surface area is 95.1 Å². The second kappa shape index (κ2) is 7.84. The van der Waals surface area contributed by atoms with Crippen LogP contribution < -0.4 is 0 Å². The third-order valence-electron chi connectivity index (χ3n) is 2.04. The average molecular weight is 231 g/mol. The van der Waals surface area contributed by atoms with Gasteiger partial charge < -0.3 is 9.64 Å². The van der Waals surface area contributed by atoms with E-state index in [4.69, 9.17) is 4.74 Å². The smallest absolute Gasteiger partial charge is 0.343 e. The molecule has 0 fully saturated rings. The van der Waals surface area contributed by atoms with Gasteiger partial charge in [-0.1, -0.05) is 0 Å². The number of hydrogen-bond acceptors (Lipinski definition) is 4. The minimum atomic E-state index is -1.19. The first-order valence-electron chi connectivity index (χ1n) is 5.32. The molecular formula is C11H18FNO3. The number of ketones is 1. The number of hydrogen-bond donors (Lipinski definition) is 0. The van der Waals surface area contributed by atoms with Crippen molar-refractivity contribution in [1.82, 2.24) is 4.90 Å². The number of alkyl halides is 1. The lowest BCUT2D eigenvalue weighted by Gasteiger charge is -2.16. The summed E-state index contributed by atoms with van der Waals surface area (Å²) in [7, 11) is 0. The van der Waals surface area contributed by atoms with Gasteiger partial charge in [0.2, 0.25) is 5.78 Å². The Hall–Kier alpha value is -1.39. The summed E-state index contributed by atoms with van der Waals surface area (Å²) < 4.78 is 17.0. The van der Waals surface area contributed by atoms with Crippen molar-refractivity contribution in [2.75, 3.05) is 26.4 Å². The number of Topliss-reactive ketones (excluding diaryl/α,β-unsaturated/α-hetero) is 1. The molecule has 16 heavy (non-hydrogen) atoms. The fraction of sp³-hybridized carbons (Fsp3) is 0.636. The Morgan fingerprint density at radius 2 is 1.81 bits per heavy atom. The highest BCUT2D eigenvalue weighted by atomic mass is 19.1. The molecular weight excluding hydrogens is 213 g/mol. The van der Waals surface area contributed by atoms with E-state index in [1.54, 1.807) is 11.8 Å². The van der Waals surface area contributed by atoms with Crippen molar-refractivity contribution in [3.8, 4) is 0 Å². The van der Waals surface area contributed by atoms with Gasteiger partial charge in [-0.2, -0.15) is 0 Å². The normalized spacial score (nSPS) is 11.1. The summed E-state index contributed by atoms with van der Waals surface area (Å²) in [6.45, 7) is 5.64. The highest BCUT2D eigenvalue weighted by molar-refractivity contribution is 6.17. The molecule has 0 aliphatic carbocycles. The molecule has 0 bridgehead atoms. The first-order valence-corrected chi connectivity index (χ1v) is 5.32. The van der Waals surface area contributed by atoms with Crippen LogP contribution in [0, 0.1) is 0 Å². The van der Waals surface area contributed by atoms with E-state index in [9.17, 15) is 14.0 Å². The first kappa shape index (κ1) is 14.6. The quantitative estimate of drug-likeness (QED) is 0.287. The Morgan fingerprint density at radius 1 is 1.25 bits per heavy atom. The molecule has 0 aliphatic heterocycles. The monoisotopic (exact) mass is 231 g/mol. The Kier molecular flexibility index (Phi) is 7.16. The molecule has 4 nitrogen and oxygen atoms in total. The zero-order valence-electron chi connectivity index (χ0n) is 9.96. The molecule has 0 aliphatic rings. The van der Waals surface area contributed by atoms with Gasteiger partial charge in [0.1, 0.15) is 5.57 Å². The Balaban J connectivity index is 4.92. The van der Waals surface area contributed by atoms with Crippen LogP contribution in [0.25, 0.3) is 0 Å². The summed E-state index contributed by atoms with van der Waals surface area (Å²) in [6, 6.07) is 0. The van der Waals surface area contributed by atoms with Gasteiger partial charge in [0.25, 0.3) is 0 Å². The van der Waals surface area contributed by atoms with Crippen molar-refractivity contribution in [2.24, 2.45) is 0 Å². The van der Waals surface area contributed by atoms with Crippen molar-refractivity contribution < 1.29 is 18.7 Å². The van der Waals surface area contributed by atoms with E-state index >= 15 is 0 Å². The largest absolute Gasteiger partial charge is 0.462 e. The molecule has 0 aromatic rings. The molecule has 0 atom stereocenters. The summed E-state index contributed by atoms with van der Waals surface area (Å²) in [6.07, 6.45) is 1.36. The topological polar surface area (TPSA) is 46.6 Å². The summed E-state index contributed by atoms with van der Waals surface area (Å²) in [5, 5.41) is 0. The van der Waals surface area contributed by atoms with Crippen molar-refractivity contribution in [2.45, 2.75) is 20.8 Å². The number of ether oxygens (including phenoxy) is 1. The van der Waals surface area contributed by atoms with Crippen molar-refractivity contribution >= 4 is 11.8 Å². The first-order chi connectivity index (χ1) is 7.60. The van der Waals surface area contributed by atoms with E-state index in [2.05, 4.69) is 0 Å². The second-order valence-corrected chi connectivity index (χ2v) is 3.04. The fourth-order valence-electron chi connectivity index (χ4n) is 1.11. The number of esters is 1. The number of carbonyl (C=O) groups is 2. The maximum atomic E-state index is 12.3. The molecule has 0 heterocycles. The highest BCUT2D eigenvalue weighted by Crippen LogP contribution is 2.04. The maximum absolute atomic E-state index is 12.3. The molecule has 0 amide bonds. The van der Waals surface area contributed by atoms with Gasteiger partial charge in [0.15, 0.2) is 6.67 Å². The molecule has 0 saturated carbocycles. The van der Waals surface area contributed by atoms with Crippen LogP contribution in [0.2, 0.25) is 0 Å². The van der Waals surface area contributed by atoms with Crippen LogP contribution in [-0.4, -0.2) is 43.0 Å². The number of halogens is 1. The molecule has 0 N–H and O–H groups in total. The summed E-state index contributed by atoms with van der Waals surface area (Å²) in [5.74, 6) is -1.61. The Morgan fingerprint density at radius 3 is 2.19 bits per heavy atom. The maximum Gasteiger partial charge on any atom is 0.343 e. The van der Waals surface area contributed by atoms with Crippen LogP contribution in [-0.2, 0) is 14.3 Å². The van der Waals surface area contributed by atoms with E-state index in [1.807, 2.05) is 13.8 Å². The molecule has 0 rings (SSSR count). The van der Waals surface area contributed by atoms with E-state index in [0.29, 0.717) is 13.1 Å². The third-order valence-corrected chi connectivity index (χ3v) is 2.04. The van der Waals surface area contributed by atoms with Gasteiger partial charge in [-0.25, -0.2) is 9.18 Å². The van der Waals surface area contributed by atoms with E-state index in [0.717, 1.165) is 0 Å². The van der Waals surface area contributed by atoms with Gasteiger partial charge >= 0.3 is 5.97 Å². The van der Waals surface area contributed by atoms with Crippen LogP contribution in [0.4, 0.5) is 4.39 Å². The van der Waals surface area contributed by atoms with Crippen LogP contribution >= 0.6 is 0 Å². The van der Waals surface area contributed by atoms with Gasteiger partial charge in [0, 0.05) is 19.3 Å². The minimum Gasteiger partial charge on any atom is -0.462 e. The molecule has 0 unspecified atom stereocenters. The molecule has 0 radical (unpaired) electrons.